The van der Waals surface area contributed by atoms with Gasteiger partial charge in [-0.1, -0.05) is 17.7 Å². The number of hydrogen-bond donors (Lipinski definition) is 1. The molecule has 0 spiro atoms. The molecule has 1 N–H and O–H groups in total. The number of aromatic nitrogens is 2. The van der Waals surface area contributed by atoms with Crippen molar-refractivity contribution in [3.63, 3.8) is 0 Å². The van der Waals surface area contributed by atoms with Crippen molar-refractivity contribution in [1.82, 2.24) is 8.96 Å². The fraction of sp³-hybridized carbons (Fsp3) is 0.130. The second-order valence-electron chi connectivity index (χ2n) is 7.61. The van der Waals surface area contributed by atoms with E-state index >= 15 is 0 Å². The minimum Gasteiger partial charge on any atom is -0.481 e. The molecule has 0 unspecified atom stereocenters. The molecular formula is C23H15ClF4N2O4S. The fourth-order valence-electron chi connectivity index (χ4n) is 3.62. The van der Waals surface area contributed by atoms with E-state index < -0.39 is 33.5 Å². The van der Waals surface area contributed by atoms with E-state index in [4.69, 9.17) is 16.7 Å². The molecule has 6 nitrogen and oxygen atoms in total. The topological polar surface area (TPSA) is 89.3 Å². The van der Waals surface area contributed by atoms with Crippen LogP contribution in [-0.2, 0) is 27.4 Å². The zero-order valence-electron chi connectivity index (χ0n) is 17.6. The lowest BCUT2D eigenvalue weighted by atomic mass is 10.0. The SMILES string of the molecule is O=C(O)CCc1cn(S(=O)(=O)c2cncc(-c3ccc(C(F)(F)F)cc3F)c2)c2ccc(Cl)cc12. The summed E-state index contributed by atoms with van der Waals surface area (Å²) in [6, 6.07) is 7.49. The molecule has 0 aliphatic heterocycles. The standard InChI is InChI=1S/C23H15ClF4N2O4S/c24-16-3-5-21-19(9-16)13(1-6-22(31)32)12-30(21)35(33,34)17-7-14(10-29-11-17)18-4-2-15(8-20(18)25)23(26,27)28/h2-5,7-12H,1,6H2,(H,31,32). The summed E-state index contributed by atoms with van der Waals surface area (Å²) >= 11 is 6.05. The Hall–Kier alpha value is -3.44. The molecule has 0 fully saturated rings. The number of benzene rings is 2. The van der Waals surface area contributed by atoms with Crippen LogP contribution >= 0.6 is 11.6 Å². The number of carboxylic acid groups (broad SMARTS) is 1. The highest BCUT2D eigenvalue weighted by Gasteiger charge is 2.31. The monoisotopic (exact) mass is 526 g/mol. The van der Waals surface area contributed by atoms with Gasteiger partial charge in [0.05, 0.1) is 11.1 Å². The molecule has 0 aliphatic carbocycles. The molecule has 35 heavy (non-hydrogen) atoms. The lowest BCUT2D eigenvalue weighted by Crippen LogP contribution is -2.12. The first-order valence-electron chi connectivity index (χ1n) is 9.97. The van der Waals surface area contributed by atoms with Crippen molar-refractivity contribution in [3.8, 4) is 11.1 Å². The number of aryl methyl sites for hydroxylation is 1. The van der Waals surface area contributed by atoms with E-state index in [9.17, 15) is 30.8 Å². The molecule has 2 heterocycles. The predicted molar refractivity (Wildman–Crippen MR) is 120 cm³/mol. The largest absolute Gasteiger partial charge is 0.481 e. The van der Waals surface area contributed by atoms with Gasteiger partial charge in [-0.3, -0.25) is 9.78 Å². The zero-order chi connectivity index (χ0) is 25.5. The Balaban J connectivity index is 1.81. The van der Waals surface area contributed by atoms with E-state index in [0.29, 0.717) is 28.1 Å². The molecule has 2 aromatic heterocycles. The fourth-order valence-corrected chi connectivity index (χ4v) is 5.18. The van der Waals surface area contributed by atoms with Crippen LogP contribution in [0, 0.1) is 5.82 Å². The van der Waals surface area contributed by atoms with E-state index in [0.717, 1.165) is 28.5 Å². The Kier molecular flexibility index (Phi) is 6.32. The first-order chi connectivity index (χ1) is 16.4. The van der Waals surface area contributed by atoms with Crippen LogP contribution in [0.1, 0.15) is 17.5 Å². The number of nitrogens with zero attached hydrogens (tertiary/aromatic N) is 2. The van der Waals surface area contributed by atoms with Crippen LogP contribution in [0.25, 0.3) is 22.0 Å². The highest BCUT2D eigenvalue weighted by atomic mass is 35.5. The molecule has 4 aromatic rings. The second kappa shape index (κ2) is 8.97. The molecule has 2 aromatic carbocycles. The number of carbonyl (C=O) groups is 1. The van der Waals surface area contributed by atoms with Crippen molar-refractivity contribution in [2.75, 3.05) is 0 Å². The molecular weight excluding hydrogens is 512 g/mol. The van der Waals surface area contributed by atoms with E-state index in [1.807, 2.05) is 0 Å². The minimum atomic E-state index is -4.74. The maximum absolute atomic E-state index is 14.5. The van der Waals surface area contributed by atoms with Crippen molar-refractivity contribution in [2.45, 2.75) is 23.9 Å². The molecule has 12 heteroatoms. The number of fused-ring (bicyclic) bond motifs is 1. The Morgan fingerprint density at radius 2 is 1.83 bits per heavy atom. The van der Waals surface area contributed by atoms with Gasteiger partial charge in [-0.25, -0.2) is 16.8 Å². The molecule has 0 atom stereocenters. The molecule has 182 valence electrons. The lowest BCUT2D eigenvalue weighted by molar-refractivity contribution is -0.138. The maximum Gasteiger partial charge on any atom is 0.416 e. The van der Waals surface area contributed by atoms with Crippen LogP contribution in [0.3, 0.4) is 0 Å². The number of alkyl halides is 3. The van der Waals surface area contributed by atoms with E-state index in [1.165, 1.54) is 24.4 Å². The summed E-state index contributed by atoms with van der Waals surface area (Å²) in [7, 11) is -4.31. The summed E-state index contributed by atoms with van der Waals surface area (Å²) in [5, 5.41) is 9.79. The van der Waals surface area contributed by atoms with Crippen LogP contribution in [0.15, 0.2) is 66.0 Å². The van der Waals surface area contributed by atoms with Crippen molar-refractivity contribution in [1.29, 1.82) is 0 Å². The first-order valence-corrected chi connectivity index (χ1v) is 11.8. The molecule has 0 aliphatic rings. The highest BCUT2D eigenvalue weighted by molar-refractivity contribution is 7.90. The van der Waals surface area contributed by atoms with Gasteiger partial charge in [-0.2, -0.15) is 13.2 Å². The van der Waals surface area contributed by atoms with Gasteiger partial charge in [0.1, 0.15) is 10.7 Å². The summed E-state index contributed by atoms with van der Waals surface area (Å²) in [5.41, 5.74) is -0.800. The molecule has 0 saturated carbocycles. The summed E-state index contributed by atoms with van der Waals surface area (Å²) < 4.78 is 80.9. The van der Waals surface area contributed by atoms with Crippen molar-refractivity contribution in [3.05, 3.63) is 83.0 Å². The molecule has 0 radical (unpaired) electrons. The second-order valence-corrected chi connectivity index (χ2v) is 9.86. The Morgan fingerprint density at radius 3 is 2.49 bits per heavy atom. The van der Waals surface area contributed by atoms with Crippen molar-refractivity contribution < 1.29 is 35.9 Å². The number of rotatable bonds is 6. The molecule has 4 rings (SSSR count). The third-order valence-electron chi connectivity index (χ3n) is 5.30. The summed E-state index contributed by atoms with van der Waals surface area (Å²) in [6.07, 6.45) is -1.49. The predicted octanol–water partition coefficient (Wildman–Crippen LogP) is 5.77. The van der Waals surface area contributed by atoms with Gasteiger partial charge in [-0.05, 0) is 48.4 Å². The molecule has 0 saturated heterocycles. The van der Waals surface area contributed by atoms with Gasteiger partial charge in [0.2, 0.25) is 0 Å². The normalized spacial score (nSPS) is 12.3. The first kappa shape index (κ1) is 24.7. The smallest absolute Gasteiger partial charge is 0.416 e. The molecule has 0 amide bonds. The Labute approximate surface area is 201 Å². The van der Waals surface area contributed by atoms with Crippen LogP contribution in [0.4, 0.5) is 17.6 Å². The zero-order valence-corrected chi connectivity index (χ0v) is 19.1. The van der Waals surface area contributed by atoms with Gasteiger partial charge in [0.25, 0.3) is 10.0 Å². The Bertz CT molecular complexity index is 1570. The number of carboxylic acids is 1. The number of halogens is 5. The van der Waals surface area contributed by atoms with Crippen LogP contribution < -0.4 is 0 Å². The third-order valence-corrected chi connectivity index (χ3v) is 7.17. The molecule has 0 bridgehead atoms. The van der Waals surface area contributed by atoms with Gasteiger partial charge < -0.3 is 5.11 Å². The van der Waals surface area contributed by atoms with Crippen molar-refractivity contribution >= 4 is 38.5 Å². The Morgan fingerprint density at radius 1 is 1.09 bits per heavy atom. The van der Waals surface area contributed by atoms with E-state index in [2.05, 4.69) is 4.98 Å². The summed E-state index contributed by atoms with van der Waals surface area (Å²) in [5.74, 6) is -2.25. The van der Waals surface area contributed by atoms with E-state index in [-0.39, 0.29) is 34.4 Å². The third kappa shape index (κ3) is 4.87. The average molecular weight is 527 g/mol. The summed E-state index contributed by atoms with van der Waals surface area (Å²) in [4.78, 5) is 14.5. The summed E-state index contributed by atoms with van der Waals surface area (Å²) in [6.45, 7) is 0. The van der Waals surface area contributed by atoms with Crippen molar-refractivity contribution in [2.24, 2.45) is 0 Å². The quantitative estimate of drug-likeness (QED) is 0.322. The van der Waals surface area contributed by atoms with E-state index in [1.54, 1.807) is 0 Å². The van der Waals surface area contributed by atoms with Crippen LogP contribution in [-0.4, -0.2) is 28.5 Å². The van der Waals surface area contributed by atoms with Crippen LogP contribution in [0.2, 0.25) is 5.02 Å². The van der Waals surface area contributed by atoms with Gasteiger partial charge in [0, 0.05) is 46.5 Å². The number of pyridine rings is 1. The van der Waals surface area contributed by atoms with Gasteiger partial charge in [-0.15, -0.1) is 0 Å². The average Bonchev–Trinajstić information content (AvgIpc) is 3.15. The lowest BCUT2D eigenvalue weighted by Gasteiger charge is -2.11. The minimum absolute atomic E-state index is 0.0390. The maximum atomic E-state index is 14.5. The highest BCUT2D eigenvalue weighted by Crippen LogP contribution is 2.34. The van der Waals surface area contributed by atoms with Gasteiger partial charge in [0.15, 0.2) is 0 Å². The van der Waals surface area contributed by atoms with Crippen LogP contribution in [0.5, 0.6) is 0 Å². The van der Waals surface area contributed by atoms with Gasteiger partial charge >= 0.3 is 12.1 Å². The number of aliphatic carboxylic acids is 1. The number of hydrogen-bond acceptors (Lipinski definition) is 4.